The summed E-state index contributed by atoms with van der Waals surface area (Å²) in [4.78, 5) is 0. The van der Waals surface area contributed by atoms with Crippen LogP contribution < -0.4 is 5.32 Å². The van der Waals surface area contributed by atoms with Crippen molar-refractivity contribution in [3.8, 4) is 0 Å². The number of fused-ring (bicyclic) bond motifs is 2. The summed E-state index contributed by atoms with van der Waals surface area (Å²) in [5.74, 6) is 0. The van der Waals surface area contributed by atoms with Crippen LogP contribution in [0.3, 0.4) is 0 Å². The van der Waals surface area contributed by atoms with Crippen LogP contribution in [-0.4, -0.2) is 36.5 Å². The van der Waals surface area contributed by atoms with E-state index in [-0.39, 0.29) is 12.2 Å². The lowest BCUT2D eigenvalue weighted by Gasteiger charge is -2.23. The number of ether oxygens (including phenoxy) is 1. The summed E-state index contributed by atoms with van der Waals surface area (Å²) < 4.78 is 5.38. The van der Waals surface area contributed by atoms with Crippen LogP contribution in [0.5, 0.6) is 0 Å². The summed E-state index contributed by atoms with van der Waals surface area (Å²) in [5, 5.41) is 12.1. The highest BCUT2D eigenvalue weighted by molar-refractivity contribution is 5.00. The molecular weight excluding hydrogens is 118 g/mol. The normalized spacial score (nSPS) is 48.3. The zero-order valence-electron chi connectivity index (χ0n) is 5.26. The maximum absolute atomic E-state index is 8.88. The van der Waals surface area contributed by atoms with Crippen molar-refractivity contribution in [2.75, 3.05) is 19.8 Å². The number of morpholine rings is 1. The van der Waals surface area contributed by atoms with Crippen molar-refractivity contribution in [2.45, 2.75) is 18.1 Å². The minimum absolute atomic E-state index is 0.163. The van der Waals surface area contributed by atoms with E-state index in [2.05, 4.69) is 5.32 Å². The van der Waals surface area contributed by atoms with Gasteiger partial charge in [-0.3, -0.25) is 0 Å². The Bertz CT molecular complexity index is 118. The number of rotatable bonds is 1. The topological polar surface area (TPSA) is 41.5 Å². The van der Waals surface area contributed by atoms with Crippen LogP contribution in [0.25, 0.3) is 0 Å². The van der Waals surface area contributed by atoms with Crippen molar-refractivity contribution < 1.29 is 9.84 Å². The summed E-state index contributed by atoms with van der Waals surface area (Å²) in [5.41, 5.74) is -0.204. The Balaban J connectivity index is 2.13. The maximum Gasteiger partial charge on any atom is 0.105 e. The Labute approximate surface area is 54.0 Å². The Kier molecular flexibility index (Phi) is 1.06. The minimum atomic E-state index is -0.204. The third-order valence-electron chi connectivity index (χ3n) is 2.21. The lowest BCUT2D eigenvalue weighted by molar-refractivity contribution is -0.0432. The van der Waals surface area contributed by atoms with E-state index < -0.39 is 0 Å². The van der Waals surface area contributed by atoms with Crippen molar-refractivity contribution in [3.05, 3.63) is 0 Å². The molecule has 52 valence electrons. The number of hydrogen-bond acceptors (Lipinski definition) is 3. The maximum atomic E-state index is 8.88. The smallest absolute Gasteiger partial charge is 0.105 e. The van der Waals surface area contributed by atoms with Crippen molar-refractivity contribution in [1.82, 2.24) is 5.32 Å². The second kappa shape index (κ2) is 1.68. The van der Waals surface area contributed by atoms with E-state index in [0.717, 1.165) is 19.6 Å². The minimum Gasteiger partial charge on any atom is -0.393 e. The van der Waals surface area contributed by atoms with Crippen LogP contribution in [0, 0.1) is 0 Å². The predicted octanol–water partition coefficient (Wildman–Crippen LogP) is -0.890. The molecule has 2 N–H and O–H groups in total. The summed E-state index contributed by atoms with van der Waals surface area (Å²) in [6.07, 6.45) is 0.990. The van der Waals surface area contributed by atoms with Crippen molar-refractivity contribution in [1.29, 1.82) is 0 Å². The average Bonchev–Trinajstić information content (AvgIpc) is 2.46. The molecule has 2 aliphatic heterocycles. The van der Waals surface area contributed by atoms with E-state index in [1.807, 2.05) is 0 Å². The molecule has 3 heteroatoms. The molecule has 2 saturated heterocycles. The first-order chi connectivity index (χ1) is 4.35. The molecule has 2 fully saturated rings. The van der Waals surface area contributed by atoms with Crippen LogP contribution in [0.15, 0.2) is 0 Å². The van der Waals surface area contributed by atoms with E-state index in [9.17, 15) is 0 Å². The molecule has 1 unspecified atom stereocenters. The molecular formula is C6H11NO2. The SMILES string of the molecule is OCC12CN[C@@H](CO1)C2. The fourth-order valence-corrected chi connectivity index (χ4v) is 1.60. The largest absolute Gasteiger partial charge is 0.393 e. The van der Waals surface area contributed by atoms with Crippen molar-refractivity contribution in [2.24, 2.45) is 0 Å². The molecule has 3 nitrogen and oxygen atoms in total. The second-order valence-corrected chi connectivity index (χ2v) is 2.93. The molecule has 0 aromatic heterocycles. The molecule has 0 aromatic carbocycles. The van der Waals surface area contributed by atoms with E-state index in [4.69, 9.17) is 9.84 Å². The highest BCUT2D eigenvalue weighted by Gasteiger charge is 2.45. The van der Waals surface area contributed by atoms with Crippen molar-refractivity contribution in [3.63, 3.8) is 0 Å². The van der Waals surface area contributed by atoms with Gasteiger partial charge in [0.2, 0.25) is 0 Å². The van der Waals surface area contributed by atoms with Gasteiger partial charge < -0.3 is 15.2 Å². The standard InChI is InChI=1S/C6H11NO2/c8-4-6-1-5(2-9-6)7-3-6/h5,7-8H,1-4H2/t5-,6?/m1/s1. The number of hydrogen-bond donors (Lipinski definition) is 2. The van der Waals surface area contributed by atoms with Crippen molar-refractivity contribution >= 4 is 0 Å². The molecule has 2 rings (SSSR count). The summed E-state index contributed by atoms with van der Waals surface area (Å²) in [7, 11) is 0. The molecule has 2 heterocycles. The Hall–Kier alpha value is -0.120. The number of aliphatic hydroxyl groups excluding tert-OH is 1. The van der Waals surface area contributed by atoms with Crippen LogP contribution >= 0.6 is 0 Å². The van der Waals surface area contributed by atoms with Gasteiger partial charge in [-0.1, -0.05) is 0 Å². The van der Waals surface area contributed by atoms with Gasteiger partial charge in [-0.05, 0) is 6.42 Å². The van der Waals surface area contributed by atoms with Gasteiger partial charge >= 0.3 is 0 Å². The summed E-state index contributed by atoms with van der Waals surface area (Å²) in [6, 6.07) is 0.511. The first kappa shape index (κ1) is 5.65. The van der Waals surface area contributed by atoms with Gasteiger partial charge in [0.05, 0.1) is 13.2 Å². The highest BCUT2D eigenvalue weighted by atomic mass is 16.5. The van der Waals surface area contributed by atoms with Crippen LogP contribution in [0.1, 0.15) is 6.42 Å². The molecule has 0 spiro atoms. The van der Waals surface area contributed by atoms with E-state index in [0.29, 0.717) is 6.04 Å². The fourth-order valence-electron chi connectivity index (χ4n) is 1.60. The van der Waals surface area contributed by atoms with Gasteiger partial charge in [0.1, 0.15) is 5.60 Å². The van der Waals surface area contributed by atoms with Gasteiger partial charge in [-0.25, -0.2) is 0 Å². The Morgan fingerprint density at radius 1 is 1.78 bits per heavy atom. The third kappa shape index (κ3) is 0.689. The average molecular weight is 129 g/mol. The second-order valence-electron chi connectivity index (χ2n) is 2.93. The third-order valence-corrected chi connectivity index (χ3v) is 2.21. The van der Waals surface area contributed by atoms with Gasteiger partial charge in [-0.2, -0.15) is 0 Å². The molecule has 0 saturated carbocycles. The quantitative estimate of drug-likeness (QED) is 0.482. The summed E-state index contributed by atoms with van der Waals surface area (Å²) in [6.45, 7) is 1.77. The molecule has 2 bridgehead atoms. The highest BCUT2D eigenvalue weighted by Crippen LogP contribution is 2.30. The van der Waals surface area contributed by atoms with Gasteiger partial charge in [0.15, 0.2) is 0 Å². The molecule has 0 aromatic rings. The van der Waals surface area contributed by atoms with E-state index >= 15 is 0 Å². The number of nitrogens with one attached hydrogen (secondary N) is 1. The molecule has 0 aliphatic carbocycles. The Morgan fingerprint density at radius 3 is 2.89 bits per heavy atom. The fraction of sp³-hybridized carbons (Fsp3) is 1.00. The lowest BCUT2D eigenvalue weighted by atomic mass is 10.1. The number of aliphatic hydroxyl groups is 1. The lowest BCUT2D eigenvalue weighted by Crippen LogP contribution is -2.41. The summed E-state index contributed by atoms with van der Waals surface area (Å²) >= 11 is 0. The first-order valence-electron chi connectivity index (χ1n) is 3.33. The molecule has 0 amide bonds. The van der Waals surface area contributed by atoms with Gasteiger partial charge in [0, 0.05) is 12.6 Å². The molecule has 2 atom stereocenters. The Morgan fingerprint density at radius 2 is 2.67 bits per heavy atom. The van der Waals surface area contributed by atoms with E-state index in [1.165, 1.54) is 0 Å². The van der Waals surface area contributed by atoms with Crippen LogP contribution in [-0.2, 0) is 4.74 Å². The molecule has 2 aliphatic rings. The van der Waals surface area contributed by atoms with E-state index in [1.54, 1.807) is 0 Å². The zero-order chi connectivity index (χ0) is 6.32. The van der Waals surface area contributed by atoms with Gasteiger partial charge in [0.25, 0.3) is 0 Å². The first-order valence-corrected chi connectivity index (χ1v) is 3.33. The molecule has 9 heavy (non-hydrogen) atoms. The molecule has 0 radical (unpaired) electrons. The van der Waals surface area contributed by atoms with Crippen LogP contribution in [0.4, 0.5) is 0 Å². The predicted molar refractivity (Wildman–Crippen MR) is 32.2 cm³/mol. The monoisotopic (exact) mass is 129 g/mol. The zero-order valence-corrected chi connectivity index (χ0v) is 5.26. The van der Waals surface area contributed by atoms with Gasteiger partial charge in [-0.15, -0.1) is 0 Å². The van der Waals surface area contributed by atoms with Crippen LogP contribution in [0.2, 0.25) is 0 Å².